The molecule has 0 saturated heterocycles. The topological polar surface area (TPSA) is 62.2 Å². The van der Waals surface area contributed by atoms with Crippen molar-refractivity contribution in [1.29, 1.82) is 0 Å². The number of aryl methyl sites for hydroxylation is 1. The van der Waals surface area contributed by atoms with Gasteiger partial charge >= 0.3 is 0 Å². The van der Waals surface area contributed by atoms with Crippen LogP contribution in [0, 0.1) is 6.92 Å². The highest BCUT2D eigenvalue weighted by atomic mass is 35.5. The Hall–Kier alpha value is -2.61. The number of aromatic nitrogens is 3. The van der Waals surface area contributed by atoms with Crippen LogP contribution in [0.15, 0.2) is 42.7 Å². The van der Waals surface area contributed by atoms with Crippen molar-refractivity contribution in [2.75, 3.05) is 32.1 Å². The fraction of sp³-hybridized carbons (Fsp3) is 0.273. The van der Waals surface area contributed by atoms with Gasteiger partial charge in [0.15, 0.2) is 5.13 Å². The van der Waals surface area contributed by atoms with Crippen LogP contribution in [0.4, 0.5) is 5.13 Å². The molecule has 0 aliphatic heterocycles. The number of fused-ring (bicyclic) bond motifs is 2. The molecule has 0 fully saturated rings. The van der Waals surface area contributed by atoms with E-state index in [2.05, 4.69) is 14.9 Å². The summed E-state index contributed by atoms with van der Waals surface area (Å²) in [6.45, 7) is 3.44. The Kier molecular flexibility index (Phi) is 5.94. The summed E-state index contributed by atoms with van der Waals surface area (Å²) in [7, 11) is 4.05. The van der Waals surface area contributed by atoms with Crippen LogP contribution < -0.4 is 4.90 Å². The average Bonchev–Trinajstić information content (AvgIpc) is 3.19. The number of carbonyl (C=O) groups excluding carboxylic acids is 1. The van der Waals surface area contributed by atoms with E-state index >= 15 is 0 Å². The molecule has 0 aliphatic rings. The molecule has 0 bridgehead atoms. The number of benzene rings is 2. The summed E-state index contributed by atoms with van der Waals surface area (Å²) >= 11 is 7.85. The lowest BCUT2D eigenvalue weighted by molar-refractivity contribution is 0.0986. The average molecular weight is 440 g/mol. The number of hydrogen-bond acceptors (Lipinski definition) is 6. The maximum Gasteiger partial charge on any atom is 0.260 e. The van der Waals surface area contributed by atoms with E-state index in [9.17, 15) is 4.79 Å². The van der Waals surface area contributed by atoms with Crippen LogP contribution in [0.3, 0.4) is 0 Å². The van der Waals surface area contributed by atoms with Crippen LogP contribution in [0.2, 0.25) is 5.02 Å². The van der Waals surface area contributed by atoms with Crippen molar-refractivity contribution in [3.8, 4) is 0 Å². The predicted molar refractivity (Wildman–Crippen MR) is 124 cm³/mol. The van der Waals surface area contributed by atoms with Gasteiger partial charge < -0.3 is 4.90 Å². The van der Waals surface area contributed by atoms with Gasteiger partial charge in [-0.15, -0.1) is 0 Å². The number of amides is 1. The lowest BCUT2D eigenvalue weighted by Gasteiger charge is -2.21. The molecule has 0 radical (unpaired) electrons. The van der Waals surface area contributed by atoms with Crippen molar-refractivity contribution in [1.82, 2.24) is 19.9 Å². The summed E-state index contributed by atoms with van der Waals surface area (Å²) in [6, 6.07) is 9.24. The quantitative estimate of drug-likeness (QED) is 0.431. The van der Waals surface area contributed by atoms with E-state index in [1.807, 2.05) is 39.2 Å². The molecule has 6 nitrogen and oxygen atoms in total. The van der Waals surface area contributed by atoms with Crippen molar-refractivity contribution in [2.45, 2.75) is 13.3 Å². The van der Waals surface area contributed by atoms with Crippen LogP contribution in [0.5, 0.6) is 0 Å². The fourth-order valence-electron chi connectivity index (χ4n) is 3.29. The van der Waals surface area contributed by atoms with Crippen molar-refractivity contribution in [3.63, 3.8) is 0 Å². The first-order chi connectivity index (χ1) is 14.4. The number of rotatable bonds is 6. The number of nitrogens with zero attached hydrogens (tertiary/aromatic N) is 5. The number of anilines is 1. The summed E-state index contributed by atoms with van der Waals surface area (Å²) < 4.78 is 0.904. The van der Waals surface area contributed by atoms with Gasteiger partial charge in [0.25, 0.3) is 5.91 Å². The number of carbonyl (C=O) groups is 1. The van der Waals surface area contributed by atoms with Crippen molar-refractivity contribution in [2.24, 2.45) is 0 Å². The highest BCUT2D eigenvalue weighted by Gasteiger charge is 2.23. The van der Waals surface area contributed by atoms with Gasteiger partial charge in [-0.2, -0.15) is 0 Å². The van der Waals surface area contributed by atoms with E-state index in [1.165, 1.54) is 11.3 Å². The zero-order valence-electron chi connectivity index (χ0n) is 17.1. The Balaban J connectivity index is 1.74. The first kappa shape index (κ1) is 20.7. The summed E-state index contributed by atoms with van der Waals surface area (Å²) in [6.07, 6.45) is 4.10. The van der Waals surface area contributed by atoms with Gasteiger partial charge in [-0.3, -0.25) is 19.7 Å². The highest BCUT2D eigenvalue weighted by molar-refractivity contribution is 7.23. The molecule has 2 aromatic heterocycles. The fourth-order valence-corrected chi connectivity index (χ4v) is 4.63. The third kappa shape index (κ3) is 4.14. The zero-order valence-corrected chi connectivity index (χ0v) is 18.7. The van der Waals surface area contributed by atoms with Gasteiger partial charge in [0, 0.05) is 24.5 Å². The molecule has 8 heteroatoms. The van der Waals surface area contributed by atoms with Crippen molar-refractivity contribution < 1.29 is 4.79 Å². The van der Waals surface area contributed by atoms with Gasteiger partial charge in [0.1, 0.15) is 0 Å². The lowest BCUT2D eigenvalue weighted by Crippen LogP contribution is -2.33. The third-order valence-corrected chi connectivity index (χ3v) is 6.40. The van der Waals surface area contributed by atoms with Crippen LogP contribution >= 0.6 is 22.9 Å². The molecular formula is C22H22ClN5OS. The molecule has 0 spiro atoms. The molecule has 0 atom stereocenters. The van der Waals surface area contributed by atoms with Gasteiger partial charge in [-0.05, 0) is 63.8 Å². The first-order valence-corrected chi connectivity index (χ1v) is 10.9. The Morgan fingerprint density at radius 3 is 2.57 bits per heavy atom. The molecule has 0 aliphatic carbocycles. The summed E-state index contributed by atoms with van der Waals surface area (Å²) in [4.78, 5) is 30.8. The van der Waals surface area contributed by atoms with Crippen molar-refractivity contribution in [3.05, 3.63) is 58.9 Å². The number of halogens is 1. The minimum Gasteiger partial charge on any atom is -0.309 e. The first-order valence-electron chi connectivity index (χ1n) is 9.67. The molecule has 4 rings (SSSR count). The third-order valence-electron chi connectivity index (χ3n) is 4.87. The Morgan fingerprint density at radius 1 is 1.07 bits per heavy atom. The van der Waals surface area contributed by atoms with Crippen LogP contribution in [-0.4, -0.2) is 52.9 Å². The monoisotopic (exact) mass is 439 g/mol. The van der Waals surface area contributed by atoms with Gasteiger partial charge in [-0.25, -0.2) is 4.98 Å². The SMILES string of the molecule is Cc1ccc(Cl)c2sc(N(CCCN(C)C)C(=O)c3ccc4nccnc4c3)nc12. The second kappa shape index (κ2) is 8.63. The molecule has 1 amide bonds. The van der Waals surface area contributed by atoms with Gasteiger partial charge in [0.2, 0.25) is 0 Å². The van der Waals surface area contributed by atoms with E-state index in [1.54, 1.807) is 29.4 Å². The van der Waals surface area contributed by atoms with Crippen LogP contribution in [0.25, 0.3) is 21.3 Å². The lowest BCUT2D eigenvalue weighted by atomic mass is 10.1. The minimum absolute atomic E-state index is 0.103. The number of hydrogen-bond donors (Lipinski definition) is 0. The summed E-state index contributed by atoms with van der Waals surface area (Å²) in [5.41, 5.74) is 3.90. The molecule has 0 unspecified atom stereocenters. The normalized spacial score (nSPS) is 11.5. The van der Waals surface area contributed by atoms with E-state index in [0.29, 0.717) is 27.8 Å². The van der Waals surface area contributed by atoms with Gasteiger partial charge in [-0.1, -0.05) is 29.0 Å². The summed E-state index contributed by atoms with van der Waals surface area (Å²) in [5, 5.41) is 1.31. The molecule has 2 aromatic carbocycles. The van der Waals surface area contributed by atoms with E-state index in [-0.39, 0.29) is 5.91 Å². The highest BCUT2D eigenvalue weighted by Crippen LogP contribution is 2.36. The summed E-state index contributed by atoms with van der Waals surface area (Å²) in [5.74, 6) is -0.103. The molecule has 0 N–H and O–H groups in total. The van der Waals surface area contributed by atoms with E-state index in [4.69, 9.17) is 16.6 Å². The van der Waals surface area contributed by atoms with E-state index < -0.39 is 0 Å². The Bertz CT molecular complexity index is 1180. The smallest absolute Gasteiger partial charge is 0.260 e. The van der Waals surface area contributed by atoms with Crippen molar-refractivity contribution >= 4 is 55.2 Å². The van der Waals surface area contributed by atoms with Crippen LogP contribution in [-0.2, 0) is 0 Å². The molecular weight excluding hydrogens is 418 g/mol. The largest absolute Gasteiger partial charge is 0.309 e. The molecule has 2 heterocycles. The second-order valence-electron chi connectivity index (χ2n) is 7.41. The zero-order chi connectivity index (χ0) is 21.3. The number of thiazole rings is 1. The standard InChI is InChI=1S/C22H22ClN5OS/c1-14-5-7-16(23)20-19(14)26-22(30-20)28(12-4-11-27(2)3)21(29)15-6-8-17-18(13-15)25-10-9-24-17/h5-10,13H,4,11-12H2,1-3H3. The van der Waals surface area contributed by atoms with Gasteiger partial charge in [0.05, 0.1) is 26.3 Å². The maximum atomic E-state index is 13.5. The molecule has 30 heavy (non-hydrogen) atoms. The molecule has 4 aromatic rings. The molecule has 0 saturated carbocycles. The molecule has 154 valence electrons. The minimum atomic E-state index is -0.103. The Labute approximate surface area is 184 Å². The van der Waals surface area contributed by atoms with Crippen LogP contribution in [0.1, 0.15) is 22.3 Å². The van der Waals surface area contributed by atoms with E-state index in [0.717, 1.165) is 34.3 Å². The maximum absolute atomic E-state index is 13.5. The Morgan fingerprint density at radius 2 is 1.83 bits per heavy atom. The second-order valence-corrected chi connectivity index (χ2v) is 8.80. The predicted octanol–water partition coefficient (Wildman–Crippen LogP) is 4.80.